The van der Waals surface area contributed by atoms with E-state index < -0.39 is 11.5 Å². The second kappa shape index (κ2) is 14.0. The second-order valence-corrected chi connectivity index (χ2v) is 12.6. The average molecular weight is 628 g/mol. The fourth-order valence-corrected chi connectivity index (χ4v) is 6.55. The van der Waals surface area contributed by atoms with Gasteiger partial charge in [0.1, 0.15) is 5.65 Å². The first kappa shape index (κ1) is 31.1. The second-order valence-electron chi connectivity index (χ2n) is 12.2. The normalized spacial score (nSPS) is 17.5. The molecule has 1 aliphatic rings. The van der Waals surface area contributed by atoms with E-state index in [1.54, 1.807) is 24.5 Å². The van der Waals surface area contributed by atoms with Crippen molar-refractivity contribution in [1.82, 2.24) is 30.0 Å². The first-order valence-electron chi connectivity index (χ1n) is 15.8. The highest BCUT2D eigenvalue weighted by atomic mass is 35.5. The molecule has 0 saturated carbocycles. The summed E-state index contributed by atoms with van der Waals surface area (Å²) in [4.78, 5) is 20.5. The quantitative estimate of drug-likeness (QED) is 0.148. The smallest absolute Gasteiger partial charge is 0.339 e. The van der Waals surface area contributed by atoms with Crippen molar-refractivity contribution in [2.24, 2.45) is 5.73 Å². The Morgan fingerprint density at radius 2 is 1.96 bits per heavy atom. The number of hydrogen-bond donors (Lipinski definition) is 3. The highest BCUT2D eigenvalue weighted by Gasteiger charge is 2.22. The van der Waals surface area contributed by atoms with Gasteiger partial charge >= 0.3 is 5.69 Å². The summed E-state index contributed by atoms with van der Waals surface area (Å²) < 4.78 is 16.7. The van der Waals surface area contributed by atoms with Gasteiger partial charge in [0.25, 0.3) is 0 Å². The van der Waals surface area contributed by atoms with Crippen molar-refractivity contribution in [1.29, 1.82) is 0 Å². The Morgan fingerprint density at radius 1 is 1.11 bits per heavy atom. The van der Waals surface area contributed by atoms with Gasteiger partial charge in [-0.3, -0.25) is 4.57 Å². The van der Waals surface area contributed by atoms with Crippen molar-refractivity contribution in [3.05, 3.63) is 105 Å². The zero-order chi connectivity index (χ0) is 31.3. The van der Waals surface area contributed by atoms with E-state index in [2.05, 4.69) is 37.6 Å². The van der Waals surface area contributed by atoms with Gasteiger partial charge in [0, 0.05) is 41.5 Å². The van der Waals surface area contributed by atoms with Crippen molar-refractivity contribution in [3.63, 3.8) is 0 Å². The summed E-state index contributed by atoms with van der Waals surface area (Å²) in [5, 5.41) is 12.8. The topological polar surface area (TPSA) is 115 Å². The number of H-pyrrole nitrogens is 1. The van der Waals surface area contributed by atoms with Crippen LogP contribution in [0.5, 0.6) is 0 Å². The maximum absolute atomic E-state index is 15.1. The largest absolute Gasteiger partial charge is 0.354 e. The Labute approximate surface area is 267 Å². The summed E-state index contributed by atoms with van der Waals surface area (Å²) in [7, 11) is 0. The summed E-state index contributed by atoms with van der Waals surface area (Å²) in [5.41, 5.74) is 10.7. The van der Waals surface area contributed by atoms with E-state index in [9.17, 15) is 4.79 Å². The lowest BCUT2D eigenvalue weighted by Crippen LogP contribution is -2.36. The van der Waals surface area contributed by atoms with Gasteiger partial charge < -0.3 is 16.0 Å². The lowest BCUT2D eigenvalue weighted by Gasteiger charge is -2.31. The average Bonchev–Trinajstić information content (AvgIpc) is 3.45. The molecular weight excluding hydrogens is 589 g/mol. The SMILES string of the molecule is C[C@H](N)CCCc1cc(Cl)c(F)c(-c2cc3cn(-c4ccc([C@@H]5CCC[C@@H](CCCc6cccnn6)N5)cc4)c(=O)nc3[nH]2)c1. The molecule has 2 aromatic carbocycles. The van der Waals surface area contributed by atoms with Crippen LogP contribution in [0.4, 0.5) is 4.39 Å². The maximum Gasteiger partial charge on any atom is 0.354 e. The van der Waals surface area contributed by atoms with Crippen LogP contribution in [0.25, 0.3) is 28.0 Å². The number of rotatable bonds is 11. The molecule has 5 aromatic rings. The van der Waals surface area contributed by atoms with Crippen LogP contribution in [0.15, 0.2) is 71.8 Å². The first-order valence-corrected chi connectivity index (χ1v) is 16.2. The highest BCUT2D eigenvalue weighted by Crippen LogP contribution is 2.32. The van der Waals surface area contributed by atoms with Gasteiger partial charge in [-0.1, -0.05) is 30.2 Å². The van der Waals surface area contributed by atoms with Crippen molar-refractivity contribution >= 4 is 22.6 Å². The third-order valence-electron chi connectivity index (χ3n) is 8.68. The molecule has 1 fully saturated rings. The minimum Gasteiger partial charge on any atom is -0.339 e. The molecule has 0 unspecified atom stereocenters. The van der Waals surface area contributed by atoms with E-state index in [0.717, 1.165) is 61.9 Å². The lowest BCUT2D eigenvalue weighted by atomic mass is 9.91. The Hall–Kier alpha value is -3.92. The third-order valence-corrected chi connectivity index (χ3v) is 8.96. The van der Waals surface area contributed by atoms with E-state index in [0.29, 0.717) is 28.3 Å². The fraction of sp³-hybridized carbons (Fsp3) is 0.371. The van der Waals surface area contributed by atoms with Gasteiger partial charge in [-0.25, -0.2) is 9.18 Å². The van der Waals surface area contributed by atoms with Gasteiger partial charge in [0.2, 0.25) is 0 Å². The molecule has 0 amide bonds. The molecule has 0 bridgehead atoms. The maximum atomic E-state index is 15.1. The Kier molecular flexibility index (Phi) is 9.68. The van der Waals surface area contributed by atoms with E-state index >= 15 is 4.39 Å². The molecule has 4 N–H and O–H groups in total. The summed E-state index contributed by atoms with van der Waals surface area (Å²) in [6.45, 7) is 1.97. The number of fused-ring (bicyclic) bond motifs is 1. The van der Waals surface area contributed by atoms with Gasteiger partial charge in [-0.2, -0.15) is 15.2 Å². The van der Waals surface area contributed by atoms with Crippen molar-refractivity contribution in [2.45, 2.75) is 82.8 Å². The van der Waals surface area contributed by atoms with Crippen LogP contribution in [-0.2, 0) is 12.8 Å². The van der Waals surface area contributed by atoms with Crippen LogP contribution >= 0.6 is 11.6 Å². The van der Waals surface area contributed by atoms with Gasteiger partial charge in [-0.15, -0.1) is 0 Å². The van der Waals surface area contributed by atoms with Gasteiger partial charge in [-0.05, 0) is 112 Å². The van der Waals surface area contributed by atoms with Crippen LogP contribution in [-0.4, -0.2) is 36.8 Å². The van der Waals surface area contributed by atoms with Crippen LogP contribution in [0, 0.1) is 5.82 Å². The number of nitrogens with two attached hydrogens (primary N) is 1. The van der Waals surface area contributed by atoms with Crippen LogP contribution in [0.2, 0.25) is 5.02 Å². The molecule has 234 valence electrons. The van der Waals surface area contributed by atoms with Crippen molar-refractivity contribution < 1.29 is 4.39 Å². The Morgan fingerprint density at radius 3 is 2.73 bits per heavy atom. The van der Waals surface area contributed by atoms with Crippen LogP contribution < -0.4 is 16.7 Å². The summed E-state index contributed by atoms with van der Waals surface area (Å²) in [6.07, 6.45) is 12.5. The fourth-order valence-electron chi connectivity index (χ4n) is 6.31. The van der Waals surface area contributed by atoms with E-state index in [-0.39, 0.29) is 17.1 Å². The Bertz CT molecular complexity index is 1800. The van der Waals surface area contributed by atoms with Crippen molar-refractivity contribution in [2.75, 3.05) is 0 Å². The number of aromatic nitrogens is 5. The number of halogens is 2. The number of aryl methyl sites for hydroxylation is 2. The Balaban J connectivity index is 1.16. The number of nitrogens with zero attached hydrogens (tertiary/aromatic N) is 4. The van der Waals surface area contributed by atoms with Crippen LogP contribution in [0.3, 0.4) is 0 Å². The zero-order valence-electron chi connectivity index (χ0n) is 25.5. The number of aromatic amines is 1. The summed E-state index contributed by atoms with van der Waals surface area (Å²) in [6, 6.07) is 18.2. The van der Waals surface area contributed by atoms with Gasteiger partial charge in [0.05, 0.1) is 22.1 Å². The number of nitrogens with one attached hydrogen (secondary N) is 2. The number of benzene rings is 2. The lowest BCUT2D eigenvalue weighted by molar-refractivity contribution is 0.308. The molecule has 1 aliphatic heterocycles. The molecule has 45 heavy (non-hydrogen) atoms. The molecule has 6 rings (SSSR count). The van der Waals surface area contributed by atoms with Crippen molar-refractivity contribution in [3.8, 4) is 16.9 Å². The monoisotopic (exact) mass is 627 g/mol. The zero-order valence-corrected chi connectivity index (χ0v) is 26.2. The molecule has 3 aromatic heterocycles. The predicted octanol–water partition coefficient (Wildman–Crippen LogP) is 6.84. The molecule has 1 saturated heterocycles. The first-order chi connectivity index (χ1) is 21.8. The minimum atomic E-state index is -0.506. The predicted molar refractivity (Wildman–Crippen MR) is 177 cm³/mol. The molecule has 4 heterocycles. The molecule has 0 aliphatic carbocycles. The van der Waals surface area contributed by atoms with E-state index in [4.69, 9.17) is 17.3 Å². The number of piperidine rings is 1. The highest BCUT2D eigenvalue weighted by molar-refractivity contribution is 6.31. The molecule has 0 spiro atoms. The van der Waals surface area contributed by atoms with E-state index in [1.807, 2.05) is 37.3 Å². The minimum absolute atomic E-state index is 0.0652. The molecule has 10 heteroatoms. The van der Waals surface area contributed by atoms with Gasteiger partial charge in [0.15, 0.2) is 5.82 Å². The standard InChI is InChI=1S/C35H39ClFN7O/c1-22(38)6-2-7-23-18-29(33(37)30(36)19-23)32-20-25-21-44(35(45)42-34(25)41-32)28-15-13-24(14-16-28)31-12-4-9-26(40-31)8-3-10-27-11-5-17-39-43-27/h5,11,13-22,26,31,40H,2-4,6-10,12,38H2,1H3,(H,41,42,45)/t22-,26+,31-/m0/s1. The molecule has 3 atom stereocenters. The molecule has 8 nitrogen and oxygen atoms in total. The number of hydrogen-bond acceptors (Lipinski definition) is 6. The molecular formula is C35H39ClFN7O. The summed E-state index contributed by atoms with van der Waals surface area (Å²) >= 11 is 6.27. The van der Waals surface area contributed by atoms with Crippen LogP contribution in [0.1, 0.15) is 74.7 Å². The molecule has 0 radical (unpaired) electrons. The van der Waals surface area contributed by atoms with E-state index in [1.165, 1.54) is 23.0 Å². The third kappa shape index (κ3) is 7.49. The summed E-state index contributed by atoms with van der Waals surface area (Å²) in [5.74, 6) is -0.506.